The summed E-state index contributed by atoms with van der Waals surface area (Å²) in [4.78, 5) is 14.6. The van der Waals surface area contributed by atoms with Crippen molar-refractivity contribution in [2.45, 2.75) is 11.4 Å². The molecule has 0 N–H and O–H groups in total. The van der Waals surface area contributed by atoms with Crippen LogP contribution in [0.25, 0.3) is 0 Å². The molecule has 0 aliphatic rings. The molecule has 0 spiro atoms. The molecule has 0 amide bonds. The van der Waals surface area contributed by atoms with Crippen molar-refractivity contribution in [1.82, 2.24) is 0 Å². The topological polar surface area (TPSA) is 38.7 Å². The Labute approximate surface area is 87.2 Å². The van der Waals surface area contributed by atoms with Crippen LogP contribution in [0.5, 0.6) is 5.75 Å². The normalized spacial score (nSPS) is 9.29. The van der Waals surface area contributed by atoms with Gasteiger partial charge in [0, 0.05) is 10.5 Å². The SMILES string of the molecule is COc1c(CN=C=O)cccc1SC. The molecule has 3 nitrogen and oxygen atoms in total. The van der Waals surface area contributed by atoms with Crippen molar-refractivity contribution in [3.05, 3.63) is 23.8 Å². The van der Waals surface area contributed by atoms with Crippen molar-refractivity contribution in [3.8, 4) is 5.75 Å². The Kier molecular flexibility index (Phi) is 4.23. The Hall–Kier alpha value is -1.25. The Morgan fingerprint density at radius 3 is 2.93 bits per heavy atom. The first kappa shape index (κ1) is 10.8. The molecule has 0 saturated carbocycles. The first-order valence-corrected chi connectivity index (χ1v) is 5.29. The van der Waals surface area contributed by atoms with Crippen LogP contribution >= 0.6 is 11.8 Å². The van der Waals surface area contributed by atoms with Crippen molar-refractivity contribution in [2.24, 2.45) is 4.99 Å². The maximum Gasteiger partial charge on any atom is 0.235 e. The first-order valence-electron chi connectivity index (χ1n) is 4.07. The standard InChI is InChI=1S/C10H11NO2S/c1-13-10-8(6-11-7-12)4-3-5-9(10)14-2/h3-5H,6H2,1-2H3. The summed E-state index contributed by atoms with van der Waals surface area (Å²) in [6.45, 7) is 0.321. The third-order valence-electron chi connectivity index (χ3n) is 1.80. The highest BCUT2D eigenvalue weighted by atomic mass is 32.2. The molecule has 0 aromatic heterocycles. The second kappa shape index (κ2) is 5.47. The molecule has 14 heavy (non-hydrogen) atoms. The molecule has 1 aromatic rings. The molecule has 1 rings (SSSR count). The second-order valence-corrected chi connectivity index (χ2v) is 3.41. The van der Waals surface area contributed by atoms with Gasteiger partial charge in [0.05, 0.1) is 13.7 Å². The number of methoxy groups -OCH3 is 1. The van der Waals surface area contributed by atoms with Gasteiger partial charge < -0.3 is 4.74 Å². The molecular weight excluding hydrogens is 198 g/mol. The molecule has 0 atom stereocenters. The van der Waals surface area contributed by atoms with E-state index in [0.717, 1.165) is 16.2 Å². The predicted molar refractivity (Wildman–Crippen MR) is 56.6 cm³/mol. The number of isocyanates is 1. The molecule has 4 heteroatoms. The van der Waals surface area contributed by atoms with E-state index in [4.69, 9.17) is 4.74 Å². The van der Waals surface area contributed by atoms with E-state index in [1.807, 2.05) is 24.5 Å². The molecule has 0 saturated heterocycles. The number of hydrogen-bond donors (Lipinski definition) is 0. The fraction of sp³-hybridized carbons (Fsp3) is 0.300. The number of nitrogens with zero attached hydrogens (tertiary/aromatic N) is 1. The number of para-hydroxylation sites is 1. The Morgan fingerprint density at radius 1 is 1.57 bits per heavy atom. The summed E-state index contributed by atoms with van der Waals surface area (Å²) in [7, 11) is 1.61. The van der Waals surface area contributed by atoms with Crippen LogP contribution in [0.2, 0.25) is 0 Å². The van der Waals surface area contributed by atoms with Gasteiger partial charge in [-0.3, -0.25) is 0 Å². The van der Waals surface area contributed by atoms with Gasteiger partial charge in [-0.05, 0) is 12.3 Å². The number of hydrogen-bond acceptors (Lipinski definition) is 4. The van der Waals surface area contributed by atoms with Crippen molar-refractivity contribution in [2.75, 3.05) is 13.4 Å². The highest BCUT2D eigenvalue weighted by Gasteiger charge is 2.06. The van der Waals surface area contributed by atoms with Crippen LogP contribution in [0, 0.1) is 0 Å². The number of carbonyl (C=O) groups excluding carboxylic acids is 1. The molecule has 0 radical (unpaired) electrons. The lowest BCUT2D eigenvalue weighted by atomic mass is 10.2. The monoisotopic (exact) mass is 209 g/mol. The van der Waals surface area contributed by atoms with Crippen LogP contribution in [0.3, 0.4) is 0 Å². The minimum atomic E-state index is 0.321. The number of aliphatic imine (C=N–C) groups is 1. The molecular formula is C10H11NO2S. The summed E-state index contributed by atoms with van der Waals surface area (Å²) in [5.74, 6) is 0.791. The van der Waals surface area contributed by atoms with E-state index in [1.165, 1.54) is 6.08 Å². The van der Waals surface area contributed by atoms with E-state index >= 15 is 0 Å². The lowest BCUT2D eigenvalue weighted by Gasteiger charge is -2.09. The third-order valence-corrected chi connectivity index (χ3v) is 2.56. The zero-order valence-corrected chi connectivity index (χ0v) is 8.93. The zero-order valence-electron chi connectivity index (χ0n) is 8.11. The van der Waals surface area contributed by atoms with Crippen LogP contribution in [-0.2, 0) is 11.3 Å². The lowest BCUT2D eigenvalue weighted by molar-refractivity contribution is 0.400. The van der Waals surface area contributed by atoms with Gasteiger partial charge in [0.15, 0.2) is 0 Å². The van der Waals surface area contributed by atoms with E-state index < -0.39 is 0 Å². The van der Waals surface area contributed by atoms with Gasteiger partial charge in [-0.1, -0.05) is 12.1 Å². The molecule has 0 fully saturated rings. The van der Waals surface area contributed by atoms with E-state index in [9.17, 15) is 4.79 Å². The first-order chi connectivity index (χ1) is 6.83. The van der Waals surface area contributed by atoms with E-state index in [1.54, 1.807) is 18.9 Å². The van der Waals surface area contributed by atoms with Crippen LogP contribution < -0.4 is 4.74 Å². The van der Waals surface area contributed by atoms with E-state index in [2.05, 4.69) is 4.99 Å². The van der Waals surface area contributed by atoms with Crippen LogP contribution in [0.1, 0.15) is 5.56 Å². The van der Waals surface area contributed by atoms with Gasteiger partial charge >= 0.3 is 0 Å². The van der Waals surface area contributed by atoms with Gasteiger partial charge in [-0.25, -0.2) is 9.79 Å². The van der Waals surface area contributed by atoms with Crippen molar-refractivity contribution >= 4 is 17.8 Å². The fourth-order valence-electron chi connectivity index (χ4n) is 1.20. The van der Waals surface area contributed by atoms with Crippen LogP contribution in [0.4, 0.5) is 0 Å². The number of thioether (sulfide) groups is 1. The predicted octanol–water partition coefficient (Wildman–Crippen LogP) is 2.25. The van der Waals surface area contributed by atoms with E-state index in [0.29, 0.717) is 6.54 Å². The average molecular weight is 209 g/mol. The molecule has 1 aromatic carbocycles. The maximum atomic E-state index is 9.99. The van der Waals surface area contributed by atoms with E-state index in [-0.39, 0.29) is 0 Å². The van der Waals surface area contributed by atoms with Crippen molar-refractivity contribution in [1.29, 1.82) is 0 Å². The van der Waals surface area contributed by atoms with Gasteiger partial charge in [0.25, 0.3) is 0 Å². The van der Waals surface area contributed by atoms with Gasteiger partial charge in [-0.15, -0.1) is 11.8 Å². The largest absolute Gasteiger partial charge is 0.495 e. The fourth-order valence-corrected chi connectivity index (χ4v) is 1.81. The Morgan fingerprint density at radius 2 is 2.36 bits per heavy atom. The molecule has 0 unspecified atom stereocenters. The number of benzene rings is 1. The summed E-state index contributed by atoms with van der Waals surface area (Å²) in [5.41, 5.74) is 0.905. The quantitative estimate of drug-likeness (QED) is 0.433. The van der Waals surface area contributed by atoms with Gasteiger partial charge in [0.1, 0.15) is 5.75 Å². The Balaban J connectivity index is 3.07. The Bertz CT molecular complexity index is 359. The number of ether oxygens (including phenoxy) is 1. The summed E-state index contributed by atoms with van der Waals surface area (Å²) in [6.07, 6.45) is 3.49. The third kappa shape index (κ3) is 2.37. The molecule has 0 heterocycles. The number of rotatable bonds is 4. The highest BCUT2D eigenvalue weighted by Crippen LogP contribution is 2.31. The average Bonchev–Trinajstić information content (AvgIpc) is 2.25. The summed E-state index contributed by atoms with van der Waals surface area (Å²) in [5, 5.41) is 0. The second-order valence-electron chi connectivity index (χ2n) is 2.56. The summed E-state index contributed by atoms with van der Waals surface area (Å²) in [6, 6.07) is 5.78. The van der Waals surface area contributed by atoms with Crippen molar-refractivity contribution < 1.29 is 9.53 Å². The minimum Gasteiger partial charge on any atom is -0.495 e. The molecule has 0 bridgehead atoms. The smallest absolute Gasteiger partial charge is 0.235 e. The lowest BCUT2D eigenvalue weighted by Crippen LogP contribution is -1.92. The molecule has 0 aliphatic carbocycles. The minimum absolute atomic E-state index is 0.321. The summed E-state index contributed by atoms with van der Waals surface area (Å²) < 4.78 is 5.25. The molecule has 0 aliphatic heterocycles. The van der Waals surface area contributed by atoms with Crippen LogP contribution in [-0.4, -0.2) is 19.4 Å². The summed E-state index contributed by atoms with van der Waals surface area (Å²) >= 11 is 1.60. The van der Waals surface area contributed by atoms with Crippen LogP contribution in [0.15, 0.2) is 28.1 Å². The molecule has 74 valence electrons. The zero-order chi connectivity index (χ0) is 10.4. The highest BCUT2D eigenvalue weighted by molar-refractivity contribution is 7.98. The maximum absolute atomic E-state index is 9.99. The van der Waals surface area contributed by atoms with Gasteiger partial charge in [-0.2, -0.15) is 0 Å². The van der Waals surface area contributed by atoms with Gasteiger partial charge in [0.2, 0.25) is 6.08 Å². The van der Waals surface area contributed by atoms with Crippen molar-refractivity contribution in [3.63, 3.8) is 0 Å².